The molecule has 10 heteroatoms. The molecule has 168 valence electrons. The van der Waals surface area contributed by atoms with Gasteiger partial charge >= 0.3 is 5.97 Å². The number of rotatable bonds is 9. The molecule has 0 spiro atoms. The predicted octanol–water partition coefficient (Wildman–Crippen LogP) is 2.60. The van der Waals surface area contributed by atoms with Gasteiger partial charge in [0.25, 0.3) is 17.5 Å². The zero-order valence-electron chi connectivity index (χ0n) is 17.7. The smallest absolute Gasteiger partial charge is 0.326 e. The van der Waals surface area contributed by atoms with E-state index in [1.165, 1.54) is 49.6 Å². The molecule has 1 atom stereocenters. The van der Waals surface area contributed by atoms with Crippen LogP contribution in [0, 0.1) is 16.0 Å². The van der Waals surface area contributed by atoms with Crippen LogP contribution in [0.25, 0.3) is 6.08 Å². The Morgan fingerprint density at radius 3 is 2.31 bits per heavy atom. The molecule has 32 heavy (non-hydrogen) atoms. The summed E-state index contributed by atoms with van der Waals surface area (Å²) in [6.45, 7) is 3.25. The highest BCUT2D eigenvalue weighted by Crippen LogP contribution is 2.17. The summed E-state index contributed by atoms with van der Waals surface area (Å²) in [4.78, 5) is 47.4. The number of aliphatic carboxylic acids is 1. The summed E-state index contributed by atoms with van der Waals surface area (Å²) in [6.07, 6.45) is 1.24. The lowest BCUT2D eigenvalue weighted by atomic mass is 10.0. The molecule has 0 bridgehead atoms. The van der Waals surface area contributed by atoms with E-state index in [0.29, 0.717) is 5.75 Å². The minimum absolute atomic E-state index is 0.203. The second-order valence-corrected chi connectivity index (χ2v) is 7.13. The van der Waals surface area contributed by atoms with E-state index in [4.69, 9.17) is 4.74 Å². The summed E-state index contributed by atoms with van der Waals surface area (Å²) < 4.78 is 5.05. The molecule has 0 fully saturated rings. The van der Waals surface area contributed by atoms with Crippen LogP contribution >= 0.6 is 0 Å². The number of nitro benzene ring substituents is 1. The number of carbonyl (C=O) groups is 3. The molecule has 3 N–H and O–H groups in total. The molecule has 2 rings (SSSR count). The van der Waals surface area contributed by atoms with Crippen molar-refractivity contribution in [2.24, 2.45) is 5.92 Å². The number of hydrogen-bond acceptors (Lipinski definition) is 6. The Bertz CT molecular complexity index is 1050. The molecule has 0 aliphatic rings. The van der Waals surface area contributed by atoms with Crippen LogP contribution in [0.3, 0.4) is 0 Å². The first-order valence-corrected chi connectivity index (χ1v) is 9.57. The molecule has 0 saturated heterocycles. The van der Waals surface area contributed by atoms with Crippen molar-refractivity contribution < 1.29 is 29.2 Å². The molecule has 2 aromatic carbocycles. The Labute approximate surface area is 184 Å². The third-order valence-corrected chi connectivity index (χ3v) is 4.46. The first-order valence-electron chi connectivity index (χ1n) is 9.57. The quantitative estimate of drug-likeness (QED) is 0.308. The van der Waals surface area contributed by atoms with E-state index in [9.17, 15) is 29.6 Å². The highest BCUT2D eigenvalue weighted by Gasteiger charge is 2.26. The fourth-order valence-electron chi connectivity index (χ4n) is 2.72. The molecular weight excluding hydrogens is 418 g/mol. The summed E-state index contributed by atoms with van der Waals surface area (Å²) in [5.74, 6) is -2.60. The maximum atomic E-state index is 12.8. The first kappa shape index (κ1) is 24.1. The number of amides is 2. The van der Waals surface area contributed by atoms with Gasteiger partial charge in [-0.05, 0) is 41.8 Å². The highest BCUT2D eigenvalue weighted by molar-refractivity contribution is 6.06. The highest BCUT2D eigenvalue weighted by atomic mass is 16.6. The molecule has 0 aromatic heterocycles. The van der Waals surface area contributed by atoms with Crippen LogP contribution < -0.4 is 15.4 Å². The van der Waals surface area contributed by atoms with E-state index >= 15 is 0 Å². The number of benzene rings is 2. The predicted molar refractivity (Wildman–Crippen MR) is 116 cm³/mol. The zero-order chi connectivity index (χ0) is 23.8. The number of nitrogens with zero attached hydrogens (tertiary/aromatic N) is 1. The number of carbonyl (C=O) groups excluding carboxylic acids is 2. The number of hydrogen-bond donors (Lipinski definition) is 3. The third kappa shape index (κ3) is 6.39. The first-order chi connectivity index (χ1) is 15.1. The summed E-state index contributed by atoms with van der Waals surface area (Å²) in [6, 6.07) is 10.4. The molecule has 0 saturated carbocycles. The minimum atomic E-state index is -1.23. The van der Waals surface area contributed by atoms with Crippen LogP contribution in [0.5, 0.6) is 5.75 Å². The average Bonchev–Trinajstić information content (AvgIpc) is 2.76. The van der Waals surface area contributed by atoms with Crippen molar-refractivity contribution in [1.82, 2.24) is 10.6 Å². The van der Waals surface area contributed by atoms with Crippen LogP contribution in [-0.4, -0.2) is 41.0 Å². The Kier molecular flexibility index (Phi) is 8.05. The molecular formula is C22H23N3O7. The molecule has 2 amide bonds. The maximum Gasteiger partial charge on any atom is 0.326 e. The fraction of sp³-hybridized carbons (Fsp3) is 0.227. The molecule has 0 radical (unpaired) electrons. The number of non-ortho nitro benzene ring substituents is 1. The van der Waals surface area contributed by atoms with Gasteiger partial charge in [0.15, 0.2) is 0 Å². The Morgan fingerprint density at radius 1 is 1.12 bits per heavy atom. The standard InChI is InChI=1S/C22H23N3O7/c1-13(2)19(22(28)29)24-21(27)18(12-14-5-4-6-16(11-14)25(30)31)23-20(26)15-7-9-17(32-3)10-8-15/h4-13,19H,1-3H3,(H,23,26)(H,24,27)(H,28,29)/b18-12-/t19-/m0/s1. The van der Waals surface area contributed by atoms with Gasteiger partial charge in [-0.15, -0.1) is 0 Å². The number of ether oxygens (including phenoxy) is 1. The van der Waals surface area contributed by atoms with Crippen LogP contribution in [0.4, 0.5) is 5.69 Å². The van der Waals surface area contributed by atoms with Crippen LogP contribution in [-0.2, 0) is 9.59 Å². The maximum absolute atomic E-state index is 12.8. The lowest BCUT2D eigenvalue weighted by molar-refractivity contribution is -0.384. The van der Waals surface area contributed by atoms with Gasteiger partial charge in [0.1, 0.15) is 17.5 Å². The fourth-order valence-corrected chi connectivity index (χ4v) is 2.72. The van der Waals surface area contributed by atoms with Crippen molar-refractivity contribution in [3.8, 4) is 5.75 Å². The van der Waals surface area contributed by atoms with Crippen molar-refractivity contribution in [2.75, 3.05) is 7.11 Å². The van der Waals surface area contributed by atoms with Crippen molar-refractivity contribution in [2.45, 2.75) is 19.9 Å². The topological polar surface area (TPSA) is 148 Å². The molecule has 2 aromatic rings. The second kappa shape index (κ2) is 10.7. The van der Waals surface area contributed by atoms with Gasteiger partial charge in [0, 0.05) is 17.7 Å². The second-order valence-electron chi connectivity index (χ2n) is 7.13. The Balaban J connectivity index is 2.40. The SMILES string of the molecule is COc1ccc(C(=O)N/C(=C\c2cccc([N+](=O)[O-])c2)C(=O)N[C@H](C(=O)O)C(C)C)cc1. The Hall–Kier alpha value is -4.21. The third-order valence-electron chi connectivity index (χ3n) is 4.46. The van der Waals surface area contributed by atoms with Crippen LogP contribution in [0.15, 0.2) is 54.2 Å². The van der Waals surface area contributed by atoms with Crippen molar-refractivity contribution >= 4 is 29.5 Å². The number of methoxy groups -OCH3 is 1. The monoisotopic (exact) mass is 441 g/mol. The van der Waals surface area contributed by atoms with Gasteiger partial charge < -0.3 is 20.5 Å². The summed E-state index contributed by atoms with van der Waals surface area (Å²) >= 11 is 0. The zero-order valence-corrected chi connectivity index (χ0v) is 17.7. The Morgan fingerprint density at radius 2 is 1.78 bits per heavy atom. The van der Waals surface area contributed by atoms with Gasteiger partial charge in [0.05, 0.1) is 12.0 Å². The van der Waals surface area contributed by atoms with E-state index in [1.54, 1.807) is 26.0 Å². The van der Waals surface area contributed by atoms with E-state index in [0.717, 1.165) is 0 Å². The normalized spacial score (nSPS) is 12.1. The lowest BCUT2D eigenvalue weighted by Crippen LogP contribution is -2.47. The minimum Gasteiger partial charge on any atom is -0.497 e. The van der Waals surface area contributed by atoms with Gasteiger partial charge in [-0.3, -0.25) is 19.7 Å². The van der Waals surface area contributed by atoms with E-state index < -0.39 is 34.7 Å². The van der Waals surface area contributed by atoms with Gasteiger partial charge in [-0.1, -0.05) is 26.0 Å². The average molecular weight is 441 g/mol. The van der Waals surface area contributed by atoms with E-state index in [1.807, 2.05) is 0 Å². The van der Waals surface area contributed by atoms with Crippen molar-refractivity contribution in [3.05, 3.63) is 75.5 Å². The van der Waals surface area contributed by atoms with Gasteiger partial charge in [-0.2, -0.15) is 0 Å². The van der Waals surface area contributed by atoms with E-state index in [2.05, 4.69) is 10.6 Å². The van der Waals surface area contributed by atoms with E-state index in [-0.39, 0.29) is 22.5 Å². The number of nitrogens with one attached hydrogen (secondary N) is 2. The molecule has 0 unspecified atom stereocenters. The number of nitro groups is 1. The van der Waals surface area contributed by atoms with Crippen LogP contribution in [0.2, 0.25) is 0 Å². The van der Waals surface area contributed by atoms with Crippen LogP contribution in [0.1, 0.15) is 29.8 Å². The molecule has 0 aliphatic carbocycles. The molecule has 0 aliphatic heterocycles. The van der Waals surface area contributed by atoms with Crippen molar-refractivity contribution in [3.63, 3.8) is 0 Å². The lowest BCUT2D eigenvalue weighted by Gasteiger charge is -2.19. The molecule has 10 nitrogen and oxygen atoms in total. The summed E-state index contributed by atoms with van der Waals surface area (Å²) in [5.41, 5.74) is 0.0294. The van der Waals surface area contributed by atoms with Gasteiger partial charge in [-0.25, -0.2) is 4.79 Å². The molecule has 0 heterocycles. The summed E-state index contributed by atoms with van der Waals surface area (Å²) in [7, 11) is 1.48. The summed E-state index contributed by atoms with van der Waals surface area (Å²) in [5, 5.41) is 25.2. The van der Waals surface area contributed by atoms with Crippen molar-refractivity contribution in [1.29, 1.82) is 0 Å². The largest absolute Gasteiger partial charge is 0.497 e. The van der Waals surface area contributed by atoms with Gasteiger partial charge in [0.2, 0.25) is 0 Å². The number of carboxylic acid groups (broad SMARTS) is 1. The number of carboxylic acids is 1.